The highest BCUT2D eigenvalue weighted by Gasteiger charge is 2.35. The first-order valence-corrected chi connectivity index (χ1v) is 10.3. The van der Waals surface area contributed by atoms with Crippen LogP contribution in [0.4, 0.5) is 11.4 Å². The van der Waals surface area contributed by atoms with Gasteiger partial charge in [-0.1, -0.05) is 19.1 Å². The van der Waals surface area contributed by atoms with Gasteiger partial charge in [-0.15, -0.1) is 0 Å². The lowest BCUT2D eigenvalue weighted by Crippen LogP contribution is -2.44. The van der Waals surface area contributed by atoms with Crippen LogP contribution in [0.25, 0.3) is 0 Å². The van der Waals surface area contributed by atoms with Crippen molar-refractivity contribution in [2.75, 3.05) is 23.3 Å². The van der Waals surface area contributed by atoms with Crippen molar-refractivity contribution in [3.63, 3.8) is 0 Å². The summed E-state index contributed by atoms with van der Waals surface area (Å²) in [6.07, 6.45) is 0.196. The standard InChI is InChI=1S/C23H23N3O5/c1-3-11-25-18-13-15(8-9-19(18)31-14(2)21(25)28)24-20(27)10-12-26-22(29)16-6-4-5-7-17(16)23(26)30/h4-9,13-14H,3,10-12H2,1-2H3,(H,24,27). The largest absolute Gasteiger partial charge is 0.479 e. The highest BCUT2D eigenvalue weighted by Crippen LogP contribution is 2.36. The molecule has 8 heteroatoms. The number of carbonyl (C=O) groups excluding carboxylic acids is 4. The van der Waals surface area contributed by atoms with Crippen LogP contribution >= 0.6 is 0 Å². The Morgan fingerprint density at radius 1 is 1.00 bits per heavy atom. The Balaban J connectivity index is 1.43. The van der Waals surface area contributed by atoms with Crippen LogP contribution in [0.3, 0.4) is 0 Å². The maximum absolute atomic E-state index is 12.5. The number of amides is 4. The van der Waals surface area contributed by atoms with E-state index in [-0.39, 0.29) is 36.6 Å². The highest BCUT2D eigenvalue weighted by atomic mass is 16.5. The second-order valence-corrected chi connectivity index (χ2v) is 7.54. The van der Waals surface area contributed by atoms with Crippen molar-refractivity contribution in [1.29, 1.82) is 0 Å². The van der Waals surface area contributed by atoms with Crippen molar-refractivity contribution in [1.82, 2.24) is 4.90 Å². The summed E-state index contributed by atoms with van der Waals surface area (Å²) in [4.78, 5) is 52.5. The lowest BCUT2D eigenvalue weighted by atomic mass is 10.1. The van der Waals surface area contributed by atoms with Gasteiger partial charge in [0, 0.05) is 25.2 Å². The number of rotatable bonds is 6. The van der Waals surface area contributed by atoms with Gasteiger partial charge in [-0.25, -0.2) is 0 Å². The third kappa shape index (κ3) is 3.76. The fraction of sp³-hybridized carbons (Fsp3) is 0.304. The van der Waals surface area contributed by atoms with E-state index in [0.717, 1.165) is 11.3 Å². The molecule has 2 aromatic rings. The number of benzene rings is 2. The molecular formula is C23H23N3O5. The van der Waals surface area contributed by atoms with Gasteiger partial charge in [0.2, 0.25) is 5.91 Å². The van der Waals surface area contributed by atoms with Gasteiger partial charge in [0.1, 0.15) is 5.75 Å². The zero-order chi connectivity index (χ0) is 22.1. The van der Waals surface area contributed by atoms with Crippen LogP contribution in [0.5, 0.6) is 5.75 Å². The van der Waals surface area contributed by atoms with Gasteiger partial charge < -0.3 is 15.0 Å². The monoisotopic (exact) mass is 421 g/mol. The number of fused-ring (bicyclic) bond motifs is 2. The molecule has 1 N–H and O–H groups in total. The molecule has 0 bridgehead atoms. The second kappa shape index (κ2) is 8.22. The minimum Gasteiger partial charge on any atom is -0.479 e. The number of anilines is 2. The number of hydrogen-bond donors (Lipinski definition) is 1. The minimum absolute atomic E-state index is 0.00973. The molecule has 1 unspecified atom stereocenters. The lowest BCUT2D eigenvalue weighted by molar-refractivity contribution is -0.125. The highest BCUT2D eigenvalue weighted by molar-refractivity contribution is 6.21. The zero-order valence-electron chi connectivity index (χ0n) is 17.4. The van der Waals surface area contributed by atoms with Crippen molar-refractivity contribution >= 4 is 35.0 Å². The van der Waals surface area contributed by atoms with Crippen LogP contribution < -0.4 is 15.0 Å². The van der Waals surface area contributed by atoms with Gasteiger partial charge >= 0.3 is 0 Å². The number of ether oxygens (including phenoxy) is 1. The summed E-state index contributed by atoms with van der Waals surface area (Å²) in [5, 5.41) is 2.77. The van der Waals surface area contributed by atoms with Gasteiger partial charge in [0.05, 0.1) is 16.8 Å². The Labute approximate surface area is 179 Å². The molecule has 0 saturated heterocycles. The second-order valence-electron chi connectivity index (χ2n) is 7.54. The van der Waals surface area contributed by atoms with Crippen molar-refractivity contribution < 1.29 is 23.9 Å². The molecule has 0 spiro atoms. The normalized spacial score (nSPS) is 17.4. The first-order chi connectivity index (χ1) is 14.9. The van der Waals surface area contributed by atoms with E-state index in [1.54, 1.807) is 54.3 Å². The van der Waals surface area contributed by atoms with E-state index < -0.39 is 6.10 Å². The molecule has 2 aliphatic rings. The van der Waals surface area contributed by atoms with E-state index in [2.05, 4.69) is 5.32 Å². The number of nitrogens with zero attached hydrogens (tertiary/aromatic N) is 2. The van der Waals surface area contributed by atoms with E-state index in [9.17, 15) is 19.2 Å². The molecule has 2 heterocycles. The van der Waals surface area contributed by atoms with Crippen LogP contribution in [-0.4, -0.2) is 47.7 Å². The van der Waals surface area contributed by atoms with Gasteiger partial charge in [0.15, 0.2) is 6.10 Å². The molecule has 160 valence electrons. The van der Waals surface area contributed by atoms with E-state index in [1.807, 2.05) is 6.92 Å². The fourth-order valence-corrected chi connectivity index (χ4v) is 3.82. The Kier molecular flexibility index (Phi) is 5.46. The van der Waals surface area contributed by atoms with Gasteiger partial charge in [0.25, 0.3) is 17.7 Å². The predicted molar refractivity (Wildman–Crippen MR) is 114 cm³/mol. The molecule has 31 heavy (non-hydrogen) atoms. The molecule has 1 atom stereocenters. The first-order valence-electron chi connectivity index (χ1n) is 10.3. The number of nitrogens with one attached hydrogen (secondary N) is 1. The smallest absolute Gasteiger partial charge is 0.267 e. The third-order valence-corrected chi connectivity index (χ3v) is 5.34. The van der Waals surface area contributed by atoms with Crippen molar-refractivity contribution in [2.24, 2.45) is 0 Å². The first kappa shape index (κ1) is 20.6. The van der Waals surface area contributed by atoms with Gasteiger partial charge in [-0.3, -0.25) is 24.1 Å². The molecule has 0 aliphatic carbocycles. The molecule has 0 fully saturated rings. The average Bonchev–Trinajstić information content (AvgIpc) is 3.00. The summed E-state index contributed by atoms with van der Waals surface area (Å²) in [6.45, 7) is 4.24. The zero-order valence-corrected chi connectivity index (χ0v) is 17.4. The van der Waals surface area contributed by atoms with Crippen LogP contribution in [0.2, 0.25) is 0 Å². The number of hydrogen-bond acceptors (Lipinski definition) is 5. The van der Waals surface area contributed by atoms with E-state index in [1.165, 1.54) is 0 Å². The summed E-state index contributed by atoms with van der Waals surface area (Å²) in [5.41, 5.74) is 1.84. The summed E-state index contributed by atoms with van der Waals surface area (Å²) < 4.78 is 5.66. The maximum atomic E-state index is 12.5. The quantitative estimate of drug-likeness (QED) is 0.724. The molecular weight excluding hydrogens is 398 g/mol. The Morgan fingerprint density at radius 3 is 2.32 bits per heavy atom. The Bertz CT molecular complexity index is 1050. The van der Waals surface area contributed by atoms with Crippen LogP contribution in [-0.2, 0) is 9.59 Å². The molecule has 8 nitrogen and oxygen atoms in total. The SMILES string of the molecule is CCCN1C(=O)C(C)Oc2ccc(NC(=O)CCN3C(=O)c4ccccc4C3=O)cc21. The molecule has 4 rings (SSSR count). The van der Waals surface area contributed by atoms with Crippen molar-refractivity contribution in [2.45, 2.75) is 32.8 Å². The summed E-state index contributed by atoms with van der Waals surface area (Å²) in [6, 6.07) is 11.7. The molecule has 0 radical (unpaired) electrons. The van der Waals surface area contributed by atoms with Crippen molar-refractivity contribution in [3.05, 3.63) is 53.6 Å². The molecule has 0 aromatic heterocycles. The maximum Gasteiger partial charge on any atom is 0.267 e. The topological polar surface area (TPSA) is 96.0 Å². The molecule has 4 amide bonds. The predicted octanol–water partition coefficient (Wildman–Crippen LogP) is 2.84. The lowest BCUT2D eigenvalue weighted by Gasteiger charge is -2.33. The number of carbonyl (C=O) groups is 4. The van der Waals surface area contributed by atoms with Gasteiger partial charge in [-0.2, -0.15) is 0 Å². The van der Waals surface area contributed by atoms with Crippen molar-refractivity contribution in [3.8, 4) is 5.75 Å². The average molecular weight is 421 g/mol. The minimum atomic E-state index is -0.556. The molecule has 2 aliphatic heterocycles. The van der Waals surface area contributed by atoms with E-state index in [0.29, 0.717) is 34.8 Å². The van der Waals surface area contributed by atoms with Gasteiger partial charge in [-0.05, 0) is 43.7 Å². The molecule has 2 aromatic carbocycles. The Hall–Kier alpha value is -3.68. The third-order valence-electron chi connectivity index (χ3n) is 5.34. The summed E-state index contributed by atoms with van der Waals surface area (Å²) in [7, 11) is 0. The number of imide groups is 1. The Morgan fingerprint density at radius 2 is 1.68 bits per heavy atom. The van der Waals surface area contributed by atoms with Crippen LogP contribution in [0.1, 0.15) is 47.4 Å². The van der Waals surface area contributed by atoms with Crippen LogP contribution in [0.15, 0.2) is 42.5 Å². The van der Waals surface area contributed by atoms with E-state index >= 15 is 0 Å². The summed E-state index contributed by atoms with van der Waals surface area (Å²) in [5.74, 6) is -0.646. The van der Waals surface area contributed by atoms with Crippen LogP contribution in [0, 0.1) is 0 Å². The summed E-state index contributed by atoms with van der Waals surface area (Å²) >= 11 is 0. The fourth-order valence-electron chi connectivity index (χ4n) is 3.82. The molecule has 0 saturated carbocycles. The van der Waals surface area contributed by atoms with E-state index in [4.69, 9.17) is 4.74 Å².